The summed E-state index contributed by atoms with van der Waals surface area (Å²) < 4.78 is 19.6. The molecule has 0 saturated heterocycles. The third kappa shape index (κ3) is 10.2. The second-order valence-corrected chi connectivity index (χ2v) is 12.3. The minimum absolute atomic E-state index is 0.411. The second kappa shape index (κ2) is 17.3. The Morgan fingerprint density at radius 3 is 1.96 bits per heavy atom. The van der Waals surface area contributed by atoms with Crippen molar-refractivity contribution < 1.29 is 28.4 Å². The van der Waals surface area contributed by atoms with Gasteiger partial charge in [0.15, 0.2) is 18.9 Å². The quantitative estimate of drug-likeness (QED) is 0.0532. The largest absolute Gasteiger partial charge is 0.487 e. The number of nitrogens with zero attached hydrogens (tertiary/aromatic N) is 2. The van der Waals surface area contributed by atoms with Crippen LogP contribution in [0.15, 0.2) is 79.1 Å². The SMILES string of the molecule is CCCCCCCCc1ccc(C(=O)Oc2cc(C)c(OC(=O)c3ccc(OCC[n+]4ccc(N(C)C)cc4)cc3)c(C)c2C)cc1. The Labute approximate surface area is 280 Å². The number of pyridine rings is 1. The molecule has 0 saturated carbocycles. The van der Waals surface area contributed by atoms with Gasteiger partial charge in [0.05, 0.1) is 11.1 Å². The van der Waals surface area contributed by atoms with Crippen LogP contribution in [0.25, 0.3) is 0 Å². The van der Waals surface area contributed by atoms with Crippen LogP contribution in [0.3, 0.4) is 0 Å². The van der Waals surface area contributed by atoms with Crippen molar-refractivity contribution >= 4 is 17.6 Å². The molecule has 0 radical (unpaired) electrons. The topological polar surface area (TPSA) is 68.9 Å². The number of hydrogen-bond donors (Lipinski definition) is 0. The van der Waals surface area contributed by atoms with Crippen molar-refractivity contribution in [2.24, 2.45) is 0 Å². The van der Waals surface area contributed by atoms with Crippen LogP contribution in [-0.2, 0) is 13.0 Å². The minimum atomic E-state index is -0.468. The molecule has 0 atom stereocenters. The normalized spacial score (nSPS) is 10.9. The molecule has 0 unspecified atom stereocenters. The lowest BCUT2D eigenvalue weighted by molar-refractivity contribution is -0.697. The highest BCUT2D eigenvalue weighted by Gasteiger charge is 2.19. The number of ether oxygens (including phenoxy) is 3. The maximum absolute atomic E-state index is 13.1. The summed E-state index contributed by atoms with van der Waals surface area (Å²) in [6.07, 6.45) is 12.6. The molecule has 7 heteroatoms. The van der Waals surface area contributed by atoms with Crippen molar-refractivity contribution in [1.82, 2.24) is 0 Å². The maximum Gasteiger partial charge on any atom is 0.343 e. The van der Waals surface area contributed by atoms with E-state index in [2.05, 4.69) is 28.5 Å². The molecule has 3 aromatic carbocycles. The molecule has 0 amide bonds. The molecule has 4 aromatic rings. The van der Waals surface area contributed by atoms with E-state index >= 15 is 0 Å². The average Bonchev–Trinajstić information content (AvgIpc) is 3.07. The van der Waals surface area contributed by atoms with Gasteiger partial charge in [-0.2, -0.15) is 0 Å². The number of aryl methyl sites for hydroxylation is 2. The Kier molecular flexibility index (Phi) is 13.0. The first-order valence-corrected chi connectivity index (χ1v) is 16.7. The summed E-state index contributed by atoms with van der Waals surface area (Å²) in [5, 5.41) is 0. The fourth-order valence-electron chi connectivity index (χ4n) is 5.36. The van der Waals surface area contributed by atoms with Gasteiger partial charge < -0.3 is 19.1 Å². The molecule has 4 rings (SSSR count). The Morgan fingerprint density at radius 2 is 1.32 bits per heavy atom. The van der Waals surface area contributed by atoms with E-state index in [1.165, 1.54) is 37.7 Å². The minimum Gasteiger partial charge on any atom is -0.487 e. The highest BCUT2D eigenvalue weighted by molar-refractivity contribution is 5.92. The van der Waals surface area contributed by atoms with Crippen LogP contribution in [0, 0.1) is 20.8 Å². The van der Waals surface area contributed by atoms with E-state index in [1.807, 2.05) is 71.5 Å². The standard InChI is InChI=1S/C40H49N2O5/c1-7-8-9-10-11-12-13-32-14-16-33(17-15-32)39(43)46-37-28-29(2)38(31(4)30(37)3)47-40(44)34-18-20-36(21-19-34)45-27-26-42-24-22-35(23-25-42)41(5)6/h14-25,28H,7-13,26-27H2,1-6H3/q+1. The van der Waals surface area contributed by atoms with Crippen LogP contribution in [0.1, 0.15) is 88.4 Å². The van der Waals surface area contributed by atoms with Crippen LogP contribution in [0.4, 0.5) is 5.69 Å². The van der Waals surface area contributed by atoms with E-state index in [4.69, 9.17) is 14.2 Å². The van der Waals surface area contributed by atoms with Crippen molar-refractivity contribution in [1.29, 1.82) is 0 Å². The van der Waals surface area contributed by atoms with Crippen LogP contribution in [0.2, 0.25) is 0 Å². The van der Waals surface area contributed by atoms with E-state index in [0.29, 0.717) is 47.1 Å². The molecule has 1 heterocycles. The smallest absolute Gasteiger partial charge is 0.343 e. The van der Waals surface area contributed by atoms with Gasteiger partial charge in [-0.05, 0) is 98.3 Å². The lowest BCUT2D eigenvalue weighted by Gasteiger charge is -2.16. The molecule has 7 nitrogen and oxygen atoms in total. The van der Waals surface area contributed by atoms with E-state index < -0.39 is 11.9 Å². The summed E-state index contributed by atoms with van der Waals surface area (Å²) in [7, 11) is 4.02. The maximum atomic E-state index is 13.1. The summed E-state index contributed by atoms with van der Waals surface area (Å²) in [5.74, 6) is 0.711. The highest BCUT2D eigenvalue weighted by atomic mass is 16.5. The summed E-state index contributed by atoms with van der Waals surface area (Å²) in [5.41, 5.74) is 5.48. The molecule has 0 aliphatic rings. The van der Waals surface area contributed by atoms with Gasteiger partial charge in [-0.25, -0.2) is 14.2 Å². The third-order valence-electron chi connectivity index (χ3n) is 8.48. The Bertz CT molecular complexity index is 1610. The second-order valence-electron chi connectivity index (χ2n) is 12.3. The van der Waals surface area contributed by atoms with Gasteiger partial charge in [-0.15, -0.1) is 0 Å². The lowest BCUT2D eigenvalue weighted by Crippen LogP contribution is -2.35. The number of rotatable bonds is 16. The molecule has 0 aliphatic heterocycles. The van der Waals surface area contributed by atoms with Crippen LogP contribution < -0.4 is 23.7 Å². The van der Waals surface area contributed by atoms with Crippen molar-refractivity contribution in [3.05, 3.63) is 113 Å². The summed E-state index contributed by atoms with van der Waals surface area (Å²) >= 11 is 0. The van der Waals surface area contributed by atoms with Crippen LogP contribution in [-0.4, -0.2) is 32.6 Å². The van der Waals surface area contributed by atoms with Gasteiger partial charge in [0.1, 0.15) is 23.9 Å². The van der Waals surface area contributed by atoms with Crippen LogP contribution in [0.5, 0.6) is 17.2 Å². The zero-order chi connectivity index (χ0) is 33.8. The van der Waals surface area contributed by atoms with Crippen LogP contribution >= 0.6 is 0 Å². The van der Waals surface area contributed by atoms with E-state index in [9.17, 15) is 9.59 Å². The molecule has 0 bridgehead atoms. The summed E-state index contributed by atoms with van der Waals surface area (Å²) in [4.78, 5) is 28.1. The number of aromatic nitrogens is 1. The third-order valence-corrected chi connectivity index (χ3v) is 8.48. The molecular weight excluding hydrogens is 588 g/mol. The van der Waals surface area contributed by atoms with Crippen molar-refractivity contribution in [3.8, 4) is 17.2 Å². The number of carbonyl (C=O) groups is 2. The molecular formula is C40H49N2O5+. The zero-order valence-corrected chi connectivity index (χ0v) is 28.8. The number of benzene rings is 3. The molecule has 0 aliphatic carbocycles. The monoisotopic (exact) mass is 637 g/mol. The Morgan fingerprint density at radius 1 is 0.723 bits per heavy atom. The number of anilines is 1. The molecule has 47 heavy (non-hydrogen) atoms. The molecule has 1 aromatic heterocycles. The van der Waals surface area contributed by atoms with Crippen molar-refractivity contribution in [2.75, 3.05) is 25.6 Å². The van der Waals surface area contributed by atoms with Gasteiger partial charge in [0, 0.05) is 31.9 Å². The van der Waals surface area contributed by atoms with E-state index in [1.54, 1.807) is 30.3 Å². The first-order valence-electron chi connectivity index (χ1n) is 16.7. The van der Waals surface area contributed by atoms with Crippen molar-refractivity contribution in [2.45, 2.75) is 79.2 Å². The predicted octanol–water partition coefficient (Wildman–Crippen LogP) is 8.39. The van der Waals surface area contributed by atoms with E-state index in [0.717, 1.165) is 29.7 Å². The zero-order valence-electron chi connectivity index (χ0n) is 28.8. The molecule has 0 spiro atoms. The van der Waals surface area contributed by atoms with E-state index in [-0.39, 0.29) is 0 Å². The van der Waals surface area contributed by atoms with Gasteiger partial charge >= 0.3 is 11.9 Å². The highest BCUT2D eigenvalue weighted by Crippen LogP contribution is 2.34. The predicted molar refractivity (Wildman–Crippen MR) is 187 cm³/mol. The first kappa shape index (κ1) is 35.2. The van der Waals surface area contributed by atoms with Gasteiger partial charge in [-0.3, -0.25) is 0 Å². The summed E-state index contributed by atoms with van der Waals surface area (Å²) in [6.45, 7) is 8.99. The fourth-order valence-corrected chi connectivity index (χ4v) is 5.36. The van der Waals surface area contributed by atoms with Gasteiger partial charge in [-0.1, -0.05) is 51.2 Å². The average molecular weight is 638 g/mol. The number of hydrogen-bond acceptors (Lipinski definition) is 6. The number of carbonyl (C=O) groups excluding carboxylic acids is 2. The van der Waals surface area contributed by atoms with Gasteiger partial charge in [0.25, 0.3) is 0 Å². The number of esters is 2. The Balaban J connectivity index is 1.29. The van der Waals surface area contributed by atoms with Gasteiger partial charge in [0.2, 0.25) is 0 Å². The lowest BCUT2D eigenvalue weighted by atomic mass is 10.0. The first-order chi connectivity index (χ1) is 22.7. The fraction of sp³-hybridized carbons (Fsp3) is 0.375. The Hall–Kier alpha value is -4.65. The molecule has 0 fully saturated rings. The molecule has 248 valence electrons. The molecule has 0 N–H and O–H groups in total. The number of unbranched alkanes of at least 4 members (excludes halogenated alkanes) is 5. The van der Waals surface area contributed by atoms with Crippen molar-refractivity contribution in [3.63, 3.8) is 0 Å². The summed E-state index contributed by atoms with van der Waals surface area (Å²) in [6, 6.07) is 20.5.